The summed E-state index contributed by atoms with van der Waals surface area (Å²) < 4.78 is 30.2. The van der Waals surface area contributed by atoms with Crippen molar-refractivity contribution in [1.29, 1.82) is 5.26 Å². The van der Waals surface area contributed by atoms with Crippen LogP contribution in [0.5, 0.6) is 5.75 Å². The molecule has 2 saturated heterocycles. The minimum absolute atomic E-state index is 0.448. The van der Waals surface area contributed by atoms with Crippen molar-refractivity contribution < 1.29 is 23.4 Å². The maximum Gasteiger partial charge on any atom is 0.498 e. The Balaban J connectivity index is 2.03. The van der Waals surface area contributed by atoms with Crippen molar-refractivity contribution in [3.05, 3.63) is 17.7 Å². The Bertz CT molecular complexity index is 797. The van der Waals surface area contributed by atoms with Crippen molar-refractivity contribution in [3.63, 3.8) is 0 Å². The molecule has 2 aliphatic heterocycles. The van der Waals surface area contributed by atoms with Gasteiger partial charge in [0.05, 0.1) is 41.1 Å². The summed E-state index contributed by atoms with van der Waals surface area (Å²) >= 11 is 0. The van der Waals surface area contributed by atoms with Crippen molar-refractivity contribution in [2.45, 2.75) is 77.8 Å². The average Bonchev–Trinajstić information content (AvgIpc) is 2.93. The van der Waals surface area contributed by atoms with Gasteiger partial charge in [0.15, 0.2) is 0 Å². The Morgan fingerprint density at radius 3 is 1.50 bits per heavy atom. The molecular weight excluding hydrogens is 356 g/mol. The van der Waals surface area contributed by atoms with E-state index < -0.39 is 36.6 Å². The Labute approximate surface area is 168 Å². The molecule has 0 aliphatic carbocycles. The van der Waals surface area contributed by atoms with E-state index >= 15 is 0 Å². The van der Waals surface area contributed by atoms with E-state index in [2.05, 4.69) is 6.07 Å². The summed E-state index contributed by atoms with van der Waals surface area (Å²) in [6, 6.07) is 5.80. The molecule has 0 N–H and O–H groups in total. The van der Waals surface area contributed by atoms with Crippen molar-refractivity contribution in [2.75, 3.05) is 7.11 Å². The molecule has 150 valence electrons. The summed E-state index contributed by atoms with van der Waals surface area (Å²) in [4.78, 5) is 0. The summed E-state index contributed by atoms with van der Waals surface area (Å²) in [5, 5.41) is 9.79. The quantitative estimate of drug-likeness (QED) is 0.743. The Kier molecular flexibility index (Phi) is 4.92. The zero-order chi connectivity index (χ0) is 21.1. The van der Waals surface area contributed by atoms with Gasteiger partial charge in [0.25, 0.3) is 0 Å². The van der Waals surface area contributed by atoms with Gasteiger partial charge in [-0.05, 0) is 67.5 Å². The number of hydrogen-bond donors (Lipinski definition) is 0. The molecule has 0 amide bonds. The lowest BCUT2D eigenvalue weighted by Crippen LogP contribution is -2.41. The molecular formula is C20H29B2NO5. The molecule has 3 rings (SSSR count). The summed E-state index contributed by atoms with van der Waals surface area (Å²) in [5.41, 5.74) is -0.204. The molecule has 28 heavy (non-hydrogen) atoms. The van der Waals surface area contributed by atoms with Crippen LogP contribution in [0.2, 0.25) is 0 Å². The molecule has 0 atom stereocenters. The first-order chi connectivity index (χ1) is 12.7. The highest BCUT2D eigenvalue weighted by atomic mass is 16.7. The van der Waals surface area contributed by atoms with Gasteiger partial charge in [-0.1, -0.05) is 0 Å². The van der Waals surface area contributed by atoms with Crippen molar-refractivity contribution in [2.24, 2.45) is 0 Å². The van der Waals surface area contributed by atoms with Gasteiger partial charge < -0.3 is 23.4 Å². The fraction of sp³-hybridized carbons (Fsp3) is 0.650. The van der Waals surface area contributed by atoms with Gasteiger partial charge in [-0.3, -0.25) is 0 Å². The highest BCUT2D eigenvalue weighted by molar-refractivity contribution is 6.65. The maximum atomic E-state index is 9.79. The lowest BCUT2D eigenvalue weighted by molar-refractivity contribution is 0.00578. The molecule has 0 unspecified atom stereocenters. The molecule has 2 aliphatic rings. The molecule has 0 aromatic heterocycles. The fourth-order valence-corrected chi connectivity index (χ4v) is 3.21. The Morgan fingerprint density at radius 1 is 0.750 bits per heavy atom. The summed E-state index contributed by atoms with van der Waals surface area (Å²) in [6.45, 7) is 15.9. The van der Waals surface area contributed by atoms with E-state index in [1.54, 1.807) is 19.2 Å². The maximum absolute atomic E-state index is 9.79. The number of nitriles is 1. The van der Waals surface area contributed by atoms with E-state index in [4.69, 9.17) is 23.4 Å². The predicted octanol–water partition coefficient (Wildman–Crippen LogP) is 2.17. The third-order valence-corrected chi connectivity index (χ3v) is 6.54. The molecule has 8 heteroatoms. The molecule has 1 aromatic carbocycles. The van der Waals surface area contributed by atoms with Crippen molar-refractivity contribution in [3.8, 4) is 11.8 Å². The highest BCUT2D eigenvalue weighted by Crippen LogP contribution is 2.38. The zero-order valence-electron chi connectivity index (χ0n) is 18.3. The van der Waals surface area contributed by atoms with E-state index in [0.29, 0.717) is 22.2 Å². The van der Waals surface area contributed by atoms with Crippen LogP contribution in [0.25, 0.3) is 0 Å². The lowest BCUT2D eigenvalue weighted by Gasteiger charge is -2.32. The van der Waals surface area contributed by atoms with E-state index in [-0.39, 0.29) is 0 Å². The van der Waals surface area contributed by atoms with E-state index in [1.807, 2.05) is 55.4 Å². The minimum Gasteiger partial charge on any atom is -0.497 e. The second-order valence-electron chi connectivity index (χ2n) is 9.47. The first-order valence-electron chi connectivity index (χ1n) is 9.58. The topological polar surface area (TPSA) is 69.9 Å². The Hall–Kier alpha value is -1.52. The molecule has 2 heterocycles. The zero-order valence-corrected chi connectivity index (χ0v) is 18.3. The molecule has 2 fully saturated rings. The van der Waals surface area contributed by atoms with Gasteiger partial charge in [-0.25, -0.2) is 0 Å². The molecule has 0 saturated carbocycles. The fourth-order valence-electron chi connectivity index (χ4n) is 3.21. The largest absolute Gasteiger partial charge is 0.498 e. The number of ether oxygens (including phenoxy) is 1. The van der Waals surface area contributed by atoms with Crippen LogP contribution >= 0.6 is 0 Å². The van der Waals surface area contributed by atoms with Crippen LogP contribution < -0.4 is 15.7 Å². The van der Waals surface area contributed by atoms with Crippen LogP contribution in [0, 0.1) is 11.3 Å². The van der Waals surface area contributed by atoms with Gasteiger partial charge in [0.1, 0.15) is 5.75 Å². The van der Waals surface area contributed by atoms with Crippen LogP contribution in [-0.4, -0.2) is 43.8 Å². The number of methoxy groups -OCH3 is 1. The summed E-state index contributed by atoms with van der Waals surface area (Å²) in [5.74, 6) is 0.571. The summed E-state index contributed by atoms with van der Waals surface area (Å²) in [6.07, 6.45) is 0. The van der Waals surface area contributed by atoms with Gasteiger partial charge in [-0.15, -0.1) is 0 Å². The predicted molar refractivity (Wildman–Crippen MR) is 109 cm³/mol. The number of nitrogens with zero attached hydrogens (tertiary/aromatic N) is 1. The van der Waals surface area contributed by atoms with Crippen LogP contribution in [0.4, 0.5) is 0 Å². The first kappa shape index (κ1) is 21.2. The number of benzene rings is 1. The summed E-state index contributed by atoms with van der Waals surface area (Å²) in [7, 11) is 0.310. The highest BCUT2D eigenvalue weighted by Gasteiger charge is 2.54. The third-order valence-electron chi connectivity index (χ3n) is 6.54. The first-order valence-corrected chi connectivity index (χ1v) is 9.58. The molecule has 6 nitrogen and oxygen atoms in total. The van der Waals surface area contributed by atoms with Crippen LogP contribution in [-0.2, 0) is 18.6 Å². The number of rotatable bonds is 3. The SMILES string of the molecule is COc1cc(B2OC(C)(C)C(C)(C)O2)c(C#N)cc1B1OC(C)(C)C(C)(C)O1. The smallest absolute Gasteiger partial charge is 0.497 e. The van der Waals surface area contributed by atoms with Gasteiger partial charge in [0.2, 0.25) is 0 Å². The monoisotopic (exact) mass is 385 g/mol. The molecule has 1 aromatic rings. The van der Waals surface area contributed by atoms with Gasteiger partial charge >= 0.3 is 14.2 Å². The van der Waals surface area contributed by atoms with Crippen molar-refractivity contribution in [1.82, 2.24) is 0 Å². The molecule has 0 radical (unpaired) electrons. The lowest BCUT2D eigenvalue weighted by atomic mass is 9.70. The van der Waals surface area contributed by atoms with E-state index in [9.17, 15) is 5.26 Å². The second-order valence-corrected chi connectivity index (χ2v) is 9.47. The van der Waals surface area contributed by atoms with Crippen LogP contribution in [0.15, 0.2) is 12.1 Å². The minimum atomic E-state index is -0.652. The van der Waals surface area contributed by atoms with Gasteiger partial charge in [0, 0.05) is 10.9 Å². The van der Waals surface area contributed by atoms with E-state index in [1.165, 1.54) is 0 Å². The van der Waals surface area contributed by atoms with E-state index in [0.717, 1.165) is 0 Å². The van der Waals surface area contributed by atoms with Crippen LogP contribution in [0.3, 0.4) is 0 Å². The molecule has 0 spiro atoms. The normalized spacial score (nSPS) is 24.3. The van der Waals surface area contributed by atoms with Gasteiger partial charge in [-0.2, -0.15) is 5.26 Å². The average molecular weight is 385 g/mol. The van der Waals surface area contributed by atoms with Crippen molar-refractivity contribution >= 4 is 25.2 Å². The molecule has 0 bridgehead atoms. The second kappa shape index (κ2) is 6.50. The Morgan fingerprint density at radius 2 is 1.14 bits per heavy atom. The van der Waals surface area contributed by atoms with Crippen LogP contribution in [0.1, 0.15) is 61.0 Å². The standard InChI is InChI=1S/C20H29B2NO5/c1-17(2)18(3,4)26-21(25-17)14-11-16(24-9)15(10-13(14)12-23)22-27-19(5,6)20(7,8)28-22/h10-11H,1-9H3. The number of hydrogen-bond acceptors (Lipinski definition) is 6. The third kappa shape index (κ3) is 3.25.